The van der Waals surface area contributed by atoms with Gasteiger partial charge in [0.05, 0.1) is 6.20 Å². The fourth-order valence-corrected chi connectivity index (χ4v) is 1.16. The van der Waals surface area contributed by atoms with Gasteiger partial charge in [0.15, 0.2) is 0 Å². The highest BCUT2D eigenvalue weighted by atomic mass is 16.4. The van der Waals surface area contributed by atoms with E-state index in [1.54, 1.807) is 6.20 Å². The number of hydrogen-bond donors (Lipinski definition) is 3. The molecule has 0 radical (unpaired) electrons. The van der Waals surface area contributed by atoms with Gasteiger partial charge in [-0.15, -0.1) is 0 Å². The Morgan fingerprint density at radius 1 is 1.62 bits per heavy atom. The molecule has 0 saturated heterocycles. The van der Waals surface area contributed by atoms with Gasteiger partial charge in [-0.3, -0.25) is 5.43 Å². The first kappa shape index (κ1) is 12.5. The quantitative estimate of drug-likeness (QED) is 0.225. The molecule has 0 aliphatic carbocycles. The Labute approximate surface area is 95.3 Å². The smallest absolute Gasteiger partial charge is 0.216 e. The number of oxazole rings is 1. The molecule has 0 amide bonds. The summed E-state index contributed by atoms with van der Waals surface area (Å²) in [6.45, 7) is 5.21. The van der Waals surface area contributed by atoms with Crippen molar-refractivity contribution in [1.29, 1.82) is 0 Å². The number of hydrogen-bond acceptors (Lipinski definition) is 4. The van der Waals surface area contributed by atoms with Gasteiger partial charge in [0.1, 0.15) is 12.3 Å². The van der Waals surface area contributed by atoms with Crippen LogP contribution in [0.15, 0.2) is 15.6 Å². The zero-order valence-electron chi connectivity index (χ0n) is 9.79. The fraction of sp³-hybridized carbons (Fsp3) is 0.600. The lowest BCUT2D eigenvalue weighted by Gasteiger charge is -2.07. The number of hydrazine groups is 1. The lowest BCUT2D eigenvalue weighted by molar-refractivity contribution is 0.473. The third kappa shape index (κ3) is 4.31. The normalized spacial score (nSPS) is 11.6. The average Bonchev–Trinajstić information content (AvgIpc) is 2.69. The largest absolute Gasteiger partial charge is 0.444 e. The zero-order valence-corrected chi connectivity index (χ0v) is 9.79. The van der Waals surface area contributed by atoms with E-state index >= 15 is 0 Å². The minimum Gasteiger partial charge on any atom is -0.444 e. The number of aliphatic imine (C=N–C) groups is 1. The third-order valence-corrected chi connectivity index (χ3v) is 2.00. The second-order valence-corrected chi connectivity index (χ2v) is 3.45. The monoisotopic (exact) mass is 225 g/mol. The van der Waals surface area contributed by atoms with Gasteiger partial charge in [0.25, 0.3) is 0 Å². The molecule has 4 N–H and O–H groups in total. The molecule has 0 bridgehead atoms. The van der Waals surface area contributed by atoms with Crippen molar-refractivity contribution < 1.29 is 4.42 Å². The molecule has 0 saturated carbocycles. The summed E-state index contributed by atoms with van der Waals surface area (Å²) in [5.74, 6) is 7.26. The predicted octanol–water partition coefficient (Wildman–Crippen LogP) is 0.692. The van der Waals surface area contributed by atoms with E-state index in [0.29, 0.717) is 18.4 Å². The van der Waals surface area contributed by atoms with Crippen LogP contribution in [0.25, 0.3) is 0 Å². The van der Waals surface area contributed by atoms with Crippen LogP contribution in [0.1, 0.15) is 31.4 Å². The Balaban J connectivity index is 2.40. The molecule has 0 unspecified atom stereocenters. The molecule has 1 aromatic rings. The molecular weight excluding hydrogens is 206 g/mol. The Bertz CT molecular complexity index is 334. The van der Waals surface area contributed by atoms with Gasteiger partial charge < -0.3 is 9.73 Å². The zero-order chi connectivity index (χ0) is 11.8. The van der Waals surface area contributed by atoms with E-state index in [0.717, 1.165) is 25.1 Å². The molecule has 1 aromatic heterocycles. The average molecular weight is 225 g/mol. The second kappa shape index (κ2) is 6.84. The molecule has 0 aliphatic rings. The first-order valence-electron chi connectivity index (χ1n) is 5.42. The third-order valence-electron chi connectivity index (χ3n) is 2.00. The Morgan fingerprint density at radius 2 is 2.44 bits per heavy atom. The van der Waals surface area contributed by atoms with Crippen LogP contribution in [-0.4, -0.2) is 17.5 Å². The van der Waals surface area contributed by atoms with Crippen molar-refractivity contribution in [3.05, 3.63) is 17.8 Å². The molecule has 0 aliphatic heterocycles. The summed E-state index contributed by atoms with van der Waals surface area (Å²) in [6.07, 6.45) is 3.88. The maximum Gasteiger partial charge on any atom is 0.216 e. The molecule has 0 spiro atoms. The molecule has 0 aromatic carbocycles. The highest BCUT2D eigenvalue weighted by molar-refractivity contribution is 5.78. The molecule has 1 heterocycles. The number of nitrogens with one attached hydrogen (secondary N) is 2. The van der Waals surface area contributed by atoms with E-state index in [1.165, 1.54) is 0 Å². The maximum absolute atomic E-state index is 5.33. The highest BCUT2D eigenvalue weighted by Gasteiger charge is 2.00. The highest BCUT2D eigenvalue weighted by Crippen LogP contribution is 2.02. The molecule has 6 nitrogen and oxygen atoms in total. The van der Waals surface area contributed by atoms with Crippen molar-refractivity contribution in [3.63, 3.8) is 0 Å². The minimum absolute atomic E-state index is 0.381. The van der Waals surface area contributed by atoms with Crippen molar-refractivity contribution >= 4 is 5.96 Å². The van der Waals surface area contributed by atoms with E-state index in [9.17, 15) is 0 Å². The van der Waals surface area contributed by atoms with Crippen molar-refractivity contribution in [2.45, 2.75) is 33.2 Å². The summed E-state index contributed by atoms with van der Waals surface area (Å²) in [5, 5.41) is 3.09. The molecular formula is C10H19N5O. The summed E-state index contributed by atoms with van der Waals surface area (Å²) < 4.78 is 5.29. The summed E-state index contributed by atoms with van der Waals surface area (Å²) in [5.41, 5.74) is 2.51. The van der Waals surface area contributed by atoms with Crippen LogP contribution in [0.2, 0.25) is 0 Å². The number of nitrogens with two attached hydrogens (primary N) is 1. The van der Waals surface area contributed by atoms with Crippen LogP contribution in [0.3, 0.4) is 0 Å². The van der Waals surface area contributed by atoms with Crippen LogP contribution in [0, 0.1) is 6.92 Å². The first-order valence-corrected chi connectivity index (χ1v) is 5.42. The van der Waals surface area contributed by atoms with Crippen LogP contribution in [0.5, 0.6) is 0 Å². The van der Waals surface area contributed by atoms with E-state index in [4.69, 9.17) is 10.3 Å². The van der Waals surface area contributed by atoms with Crippen LogP contribution in [-0.2, 0) is 6.54 Å². The molecule has 90 valence electrons. The first-order chi connectivity index (χ1) is 7.76. The number of unbranched alkanes of at least 4 members (excludes halogenated alkanes) is 1. The lowest BCUT2D eigenvalue weighted by Crippen LogP contribution is -2.41. The molecule has 0 atom stereocenters. The topological polar surface area (TPSA) is 88.5 Å². The van der Waals surface area contributed by atoms with Gasteiger partial charge >= 0.3 is 0 Å². The Kier molecular flexibility index (Phi) is 5.35. The van der Waals surface area contributed by atoms with Gasteiger partial charge in [-0.1, -0.05) is 13.3 Å². The van der Waals surface area contributed by atoms with Gasteiger partial charge in [0.2, 0.25) is 11.9 Å². The maximum atomic E-state index is 5.33. The van der Waals surface area contributed by atoms with Crippen LogP contribution in [0.4, 0.5) is 0 Å². The molecule has 1 rings (SSSR count). The van der Waals surface area contributed by atoms with E-state index in [2.05, 4.69) is 27.6 Å². The number of guanidine groups is 1. The summed E-state index contributed by atoms with van der Waals surface area (Å²) in [4.78, 5) is 8.26. The standard InChI is InChI=1S/C10H19N5O/c1-3-4-5-12-10(15-11)14-7-9-13-6-8(2)16-9/h6H,3-5,7,11H2,1-2H3,(H2,12,14,15). The summed E-state index contributed by atoms with van der Waals surface area (Å²) in [6, 6.07) is 0. The Morgan fingerprint density at radius 3 is 3.00 bits per heavy atom. The Hall–Kier alpha value is -1.56. The molecule has 0 fully saturated rings. The molecule has 6 heteroatoms. The second-order valence-electron chi connectivity index (χ2n) is 3.45. The van der Waals surface area contributed by atoms with Crippen molar-refractivity contribution in [1.82, 2.24) is 15.7 Å². The van der Waals surface area contributed by atoms with Crippen LogP contribution >= 0.6 is 0 Å². The van der Waals surface area contributed by atoms with Crippen LogP contribution < -0.4 is 16.6 Å². The van der Waals surface area contributed by atoms with Gasteiger partial charge in [-0.2, -0.15) is 0 Å². The van der Waals surface area contributed by atoms with E-state index in [1.807, 2.05) is 6.92 Å². The van der Waals surface area contributed by atoms with Crippen molar-refractivity contribution in [2.75, 3.05) is 6.54 Å². The van der Waals surface area contributed by atoms with Gasteiger partial charge in [0, 0.05) is 6.54 Å². The van der Waals surface area contributed by atoms with Gasteiger partial charge in [-0.25, -0.2) is 15.8 Å². The van der Waals surface area contributed by atoms with Crippen molar-refractivity contribution in [2.24, 2.45) is 10.8 Å². The molecule has 16 heavy (non-hydrogen) atoms. The predicted molar refractivity (Wildman–Crippen MR) is 62.6 cm³/mol. The minimum atomic E-state index is 0.381. The fourth-order valence-electron chi connectivity index (χ4n) is 1.16. The van der Waals surface area contributed by atoms with E-state index in [-0.39, 0.29) is 0 Å². The van der Waals surface area contributed by atoms with Gasteiger partial charge in [-0.05, 0) is 13.3 Å². The SMILES string of the molecule is CCCCNC(=NCc1ncc(C)o1)NN. The number of aryl methyl sites for hydroxylation is 1. The summed E-state index contributed by atoms with van der Waals surface area (Å²) in [7, 11) is 0. The number of aromatic nitrogens is 1. The van der Waals surface area contributed by atoms with E-state index < -0.39 is 0 Å². The summed E-state index contributed by atoms with van der Waals surface area (Å²) >= 11 is 0. The number of rotatable bonds is 5. The number of nitrogens with zero attached hydrogens (tertiary/aromatic N) is 2. The van der Waals surface area contributed by atoms with Crippen molar-refractivity contribution in [3.8, 4) is 0 Å². The lowest BCUT2D eigenvalue weighted by atomic mass is 10.3.